The maximum Gasteiger partial charge on any atom is 0.251 e. The van der Waals surface area contributed by atoms with Crippen LogP contribution in [-0.2, 0) is 6.54 Å². The predicted octanol–water partition coefficient (Wildman–Crippen LogP) is 4.50. The molecule has 2 aromatic rings. The number of rotatable bonds is 5. The molecule has 2 aliphatic heterocycles. The van der Waals surface area contributed by atoms with Gasteiger partial charge in [-0.25, -0.2) is 0 Å². The Morgan fingerprint density at radius 3 is 2.72 bits per heavy atom. The number of benzene rings is 2. The highest BCUT2D eigenvalue weighted by molar-refractivity contribution is 9.10. The van der Waals surface area contributed by atoms with Crippen LogP contribution in [0.2, 0.25) is 5.02 Å². The van der Waals surface area contributed by atoms with Gasteiger partial charge in [0.15, 0.2) is 0 Å². The highest BCUT2D eigenvalue weighted by Gasteiger charge is 2.55. The molecule has 2 bridgehead atoms. The molecule has 3 nitrogen and oxygen atoms in total. The zero-order valence-corrected chi connectivity index (χ0v) is 16.2. The second-order valence-corrected chi connectivity index (χ2v) is 8.44. The number of nitrogens with zero attached hydrogens (tertiary/aromatic N) is 1. The van der Waals surface area contributed by atoms with Gasteiger partial charge in [-0.1, -0.05) is 41.9 Å². The van der Waals surface area contributed by atoms with E-state index in [2.05, 4.69) is 50.4 Å². The lowest BCUT2D eigenvalue weighted by Crippen LogP contribution is -2.53. The van der Waals surface area contributed by atoms with Crippen LogP contribution in [0.15, 0.2) is 53.0 Å². The minimum atomic E-state index is -0.0400. The largest absolute Gasteiger partial charge is 0.350 e. The Balaban J connectivity index is 1.41. The van der Waals surface area contributed by atoms with Gasteiger partial charge in [0, 0.05) is 35.2 Å². The molecule has 1 amide bonds. The number of fused-ring (bicyclic) bond motifs is 1. The highest BCUT2D eigenvalue weighted by atomic mass is 79.9. The molecule has 1 N–H and O–H groups in total. The van der Waals surface area contributed by atoms with E-state index in [0.29, 0.717) is 17.1 Å². The maximum absolute atomic E-state index is 12.5. The Bertz CT molecular complexity index is 790. The van der Waals surface area contributed by atoms with E-state index in [1.54, 1.807) is 18.2 Å². The van der Waals surface area contributed by atoms with Crippen LogP contribution < -0.4 is 5.32 Å². The fourth-order valence-corrected chi connectivity index (χ4v) is 4.68. The lowest BCUT2D eigenvalue weighted by molar-refractivity contribution is 0.0798. The lowest BCUT2D eigenvalue weighted by Gasteiger charge is -2.42. The second kappa shape index (κ2) is 6.75. The number of nitrogens with one attached hydrogen (secondary N) is 1. The van der Waals surface area contributed by atoms with Crippen molar-refractivity contribution in [2.75, 3.05) is 13.1 Å². The molecule has 2 saturated heterocycles. The molecule has 3 aliphatic rings. The SMILES string of the molecule is O=C(NCC12CC(CN1Cc1ccccc1)C2)c1ccc(Cl)c(Br)c1. The summed E-state index contributed by atoms with van der Waals surface area (Å²) in [5.41, 5.74) is 2.10. The highest BCUT2D eigenvalue weighted by Crippen LogP contribution is 2.50. The number of halogens is 2. The quantitative estimate of drug-likeness (QED) is 0.774. The summed E-state index contributed by atoms with van der Waals surface area (Å²) in [6, 6.07) is 15.9. The van der Waals surface area contributed by atoms with Crippen LogP contribution in [0.25, 0.3) is 0 Å². The standard InChI is InChI=1S/C20H20BrClN2O/c21-17-8-16(6-7-18(17)22)19(25)23-13-20-9-15(10-20)12-24(20)11-14-4-2-1-3-5-14/h1-8,15H,9-13H2,(H,23,25). The molecule has 3 fully saturated rings. The molecule has 25 heavy (non-hydrogen) atoms. The Morgan fingerprint density at radius 1 is 1.24 bits per heavy atom. The van der Waals surface area contributed by atoms with Crippen LogP contribution >= 0.6 is 27.5 Å². The van der Waals surface area contributed by atoms with Crippen molar-refractivity contribution in [1.82, 2.24) is 10.2 Å². The normalized spacial score (nSPS) is 24.8. The first kappa shape index (κ1) is 17.1. The van der Waals surface area contributed by atoms with E-state index in [4.69, 9.17) is 11.6 Å². The minimum Gasteiger partial charge on any atom is -0.350 e. The third kappa shape index (κ3) is 3.35. The number of hydrogen-bond donors (Lipinski definition) is 1. The van der Waals surface area contributed by atoms with Crippen molar-refractivity contribution in [3.8, 4) is 0 Å². The molecule has 130 valence electrons. The van der Waals surface area contributed by atoms with Gasteiger partial charge in [-0.3, -0.25) is 9.69 Å². The first-order chi connectivity index (χ1) is 12.1. The van der Waals surface area contributed by atoms with Crippen molar-refractivity contribution in [2.24, 2.45) is 5.92 Å². The Kier molecular flexibility index (Phi) is 4.61. The van der Waals surface area contributed by atoms with Crippen LogP contribution in [0.4, 0.5) is 0 Å². The summed E-state index contributed by atoms with van der Waals surface area (Å²) < 4.78 is 0.746. The van der Waals surface area contributed by atoms with Crippen molar-refractivity contribution in [3.05, 3.63) is 69.2 Å². The molecule has 5 rings (SSSR count). The van der Waals surface area contributed by atoms with Crippen LogP contribution in [-0.4, -0.2) is 29.4 Å². The summed E-state index contributed by atoms with van der Waals surface area (Å²) in [5, 5.41) is 3.75. The van der Waals surface area contributed by atoms with Gasteiger partial charge in [0.05, 0.1) is 5.02 Å². The number of carbonyl (C=O) groups is 1. The molecule has 0 aromatic heterocycles. The van der Waals surface area contributed by atoms with E-state index in [1.807, 2.05) is 6.07 Å². The summed E-state index contributed by atoms with van der Waals surface area (Å²) in [6.45, 7) is 2.80. The van der Waals surface area contributed by atoms with Crippen LogP contribution in [0, 0.1) is 5.92 Å². The van der Waals surface area contributed by atoms with Crippen LogP contribution in [0.3, 0.4) is 0 Å². The summed E-state index contributed by atoms with van der Waals surface area (Å²) >= 11 is 9.38. The molecule has 0 spiro atoms. The first-order valence-electron chi connectivity index (χ1n) is 8.58. The monoisotopic (exact) mass is 418 g/mol. The molecule has 0 radical (unpaired) electrons. The molecule has 1 aliphatic carbocycles. The van der Waals surface area contributed by atoms with Crippen LogP contribution in [0.1, 0.15) is 28.8 Å². The minimum absolute atomic E-state index is 0.0400. The van der Waals surface area contributed by atoms with Crippen molar-refractivity contribution in [1.29, 1.82) is 0 Å². The smallest absolute Gasteiger partial charge is 0.251 e. The van der Waals surface area contributed by atoms with E-state index < -0.39 is 0 Å². The molecular formula is C20H20BrClN2O. The van der Waals surface area contributed by atoms with Crippen molar-refractivity contribution in [2.45, 2.75) is 24.9 Å². The lowest BCUT2D eigenvalue weighted by atomic mass is 9.73. The molecule has 2 aromatic carbocycles. The van der Waals surface area contributed by atoms with E-state index >= 15 is 0 Å². The van der Waals surface area contributed by atoms with Gasteiger partial charge in [0.2, 0.25) is 0 Å². The summed E-state index contributed by atoms with van der Waals surface area (Å²) in [6.07, 6.45) is 2.37. The van der Waals surface area contributed by atoms with E-state index in [-0.39, 0.29) is 11.4 Å². The van der Waals surface area contributed by atoms with Crippen molar-refractivity contribution >= 4 is 33.4 Å². The van der Waals surface area contributed by atoms with Gasteiger partial charge in [0.1, 0.15) is 0 Å². The predicted molar refractivity (Wildman–Crippen MR) is 104 cm³/mol. The van der Waals surface area contributed by atoms with E-state index in [1.165, 1.54) is 18.4 Å². The Labute approximate surface area is 161 Å². The number of carbonyl (C=O) groups excluding carboxylic acids is 1. The van der Waals surface area contributed by atoms with Crippen molar-refractivity contribution < 1.29 is 4.79 Å². The van der Waals surface area contributed by atoms with Gasteiger partial charge in [-0.2, -0.15) is 0 Å². The van der Waals surface area contributed by atoms with E-state index in [0.717, 1.165) is 23.5 Å². The summed E-state index contributed by atoms with van der Waals surface area (Å²) in [4.78, 5) is 15.0. The average Bonchev–Trinajstić information content (AvgIpc) is 3.10. The van der Waals surface area contributed by atoms with E-state index in [9.17, 15) is 4.79 Å². The molecule has 0 atom stereocenters. The summed E-state index contributed by atoms with van der Waals surface area (Å²) in [7, 11) is 0. The average molecular weight is 420 g/mol. The molecule has 2 heterocycles. The topological polar surface area (TPSA) is 32.3 Å². The second-order valence-electron chi connectivity index (χ2n) is 7.18. The van der Waals surface area contributed by atoms with Gasteiger partial charge in [-0.15, -0.1) is 0 Å². The third-order valence-electron chi connectivity index (χ3n) is 5.46. The number of hydrogen-bond acceptors (Lipinski definition) is 2. The fraction of sp³-hybridized carbons (Fsp3) is 0.350. The molecular weight excluding hydrogens is 400 g/mol. The third-order valence-corrected chi connectivity index (χ3v) is 6.68. The zero-order valence-electron chi connectivity index (χ0n) is 13.8. The van der Waals surface area contributed by atoms with Gasteiger partial charge in [0.25, 0.3) is 5.91 Å². The zero-order chi connectivity index (χ0) is 17.4. The van der Waals surface area contributed by atoms with Crippen LogP contribution in [0.5, 0.6) is 0 Å². The Morgan fingerprint density at radius 2 is 2.00 bits per heavy atom. The molecule has 1 saturated carbocycles. The van der Waals surface area contributed by atoms with Gasteiger partial charge < -0.3 is 5.32 Å². The summed E-state index contributed by atoms with van der Waals surface area (Å²) in [5.74, 6) is 0.743. The maximum atomic E-state index is 12.5. The Hall–Kier alpha value is -1.36. The molecule has 0 unspecified atom stereocenters. The van der Waals surface area contributed by atoms with Gasteiger partial charge in [-0.05, 0) is 58.5 Å². The molecule has 5 heteroatoms. The fourth-order valence-electron chi connectivity index (χ4n) is 4.18. The van der Waals surface area contributed by atoms with Crippen molar-refractivity contribution in [3.63, 3.8) is 0 Å². The van der Waals surface area contributed by atoms with Gasteiger partial charge >= 0.3 is 0 Å². The first-order valence-corrected chi connectivity index (χ1v) is 9.75. The number of amides is 1.